The highest BCUT2D eigenvalue weighted by Crippen LogP contribution is 2.38. The minimum atomic E-state index is -1.09. The van der Waals surface area contributed by atoms with Gasteiger partial charge in [0.25, 0.3) is 0 Å². The molecule has 0 aromatic heterocycles. The van der Waals surface area contributed by atoms with Gasteiger partial charge in [-0.05, 0) is 44.5 Å². The van der Waals surface area contributed by atoms with Crippen molar-refractivity contribution in [2.75, 3.05) is 31.0 Å². The van der Waals surface area contributed by atoms with Crippen LogP contribution in [0.15, 0.2) is 48.5 Å². The lowest BCUT2D eigenvalue weighted by Crippen LogP contribution is -2.43. The summed E-state index contributed by atoms with van der Waals surface area (Å²) in [4.78, 5) is 38.8. The van der Waals surface area contributed by atoms with Gasteiger partial charge < -0.3 is 23.8 Å². The zero-order valence-corrected chi connectivity index (χ0v) is 20.7. The van der Waals surface area contributed by atoms with E-state index in [2.05, 4.69) is 10.2 Å². The molecule has 0 radical (unpaired) electrons. The minimum absolute atomic E-state index is 0.0992. The topological polar surface area (TPSA) is 103 Å². The van der Waals surface area contributed by atoms with Gasteiger partial charge in [-0.3, -0.25) is 14.9 Å². The summed E-state index contributed by atoms with van der Waals surface area (Å²) < 4.78 is 21.1. The van der Waals surface area contributed by atoms with Crippen LogP contribution in [-0.2, 0) is 30.3 Å². The van der Waals surface area contributed by atoms with Gasteiger partial charge in [-0.25, -0.2) is 4.79 Å². The Morgan fingerprint density at radius 2 is 1.71 bits per heavy atom. The molecule has 0 aliphatic carbocycles. The SMILES string of the molecule is COC(=O)C(CC1CN(Cc2ccccc2)c2cc(NC(=O)OC(C)(C)C)ccc2O1)C(=O)OC. The van der Waals surface area contributed by atoms with Crippen molar-refractivity contribution in [2.45, 2.75) is 45.4 Å². The van der Waals surface area contributed by atoms with Gasteiger partial charge in [0.2, 0.25) is 0 Å². The van der Waals surface area contributed by atoms with Crippen molar-refractivity contribution < 1.29 is 33.3 Å². The number of nitrogens with zero attached hydrogens (tertiary/aromatic N) is 1. The second-order valence-electron chi connectivity index (χ2n) is 9.25. The smallest absolute Gasteiger partial charge is 0.412 e. The van der Waals surface area contributed by atoms with Crippen molar-refractivity contribution in [1.29, 1.82) is 0 Å². The molecule has 2 aromatic carbocycles. The van der Waals surface area contributed by atoms with Gasteiger partial charge in [0, 0.05) is 18.7 Å². The van der Waals surface area contributed by atoms with Gasteiger partial charge in [0.15, 0.2) is 5.92 Å². The first kappa shape index (κ1) is 25.9. The maximum Gasteiger partial charge on any atom is 0.412 e. The quantitative estimate of drug-likeness (QED) is 0.355. The standard InChI is InChI=1S/C26H32N2O7/c1-26(2,3)35-25(31)27-18-11-12-22-21(13-18)28(15-17-9-7-6-8-10-17)16-19(34-22)14-20(23(29)32-4)24(30)33-5/h6-13,19-20H,14-16H2,1-5H3,(H,27,31). The highest BCUT2D eigenvalue weighted by molar-refractivity contribution is 5.94. The lowest BCUT2D eigenvalue weighted by atomic mass is 9.99. The fraction of sp³-hybridized carbons (Fsp3) is 0.423. The Kier molecular flexibility index (Phi) is 8.22. The van der Waals surface area contributed by atoms with Crippen molar-refractivity contribution in [2.24, 2.45) is 5.92 Å². The fourth-order valence-electron chi connectivity index (χ4n) is 3.84. The zero-order valence-electron chi connectivity index (χ0n) is 20.7. The maximum atomic E-state index is 12.3. The summed E-state index contributed by atoms with van der Waals surface area (Å²) in [6.07, 6.45) is -0.929. The molecule has 1 N–H and O–H groups in total. The number of esters is 2. The van der Waals surface area contributed by atoms with E-state index in [1.54, 1.807) is 32.9 Å². The van der Waals surface area contributed by atoms with E-state index in [-0.39, 0.29) is 6.42 Å². The van der Waals surface area contributed by atoms with Gasteiger partial charge in [-0.1, -0.05) is 30.3 Å². The molecule has 9 heteroatoms. The number of methoxy groups -OCH3 is 2. The number of benzene rings is 2. The fourth-order valence-corrected chi connectivity index (χ4v) is 3.84. The van der Waals surface area contributed by atoms with Crippen LogP contribution in [-0.4, -0.2) is 50.5 Å². The molecule has 0 bridgehead atoms. The first-order chi connectivity index (χ1) is 16.6. The molecule has 0 saturated carbocycles. The molecule has 1 amide bonds. The van der Waals surface area contributed by atoms with E-state index in [0.717, 1.165) is 11.3 Å². The predicted octanol–water partition coefficient (Wildman–Crippen LogP) is 4.15. The molecule has 1 atom stereocenters. The molecule has 0 saturated heterocycles. The predicted molar refractivity (Wildman–Crippen MR) is 130 cm³/mol. The van der Waals surface area contributed by atoms with Crippen molar-refractivity contribution in [1.82, 2.24) is 0 Å². The van der Waals surface area contributed by atoms with E-state index >= 15 is 0 Å². The normalized spacial score (nSPS) is 15.0. The van der Waals surface area contributed by atoms with Gasteiger partial charge in [-0.15, -0.1) is 0 Å². The number of rotatable bonds is 7. The number of carbonyl (C=O) groups is 3. The van der Waals surface area contributed by atoms with E-state index in [0.29, 0.717) is 24.5 Å². The number of fused-ring (bicyclic) bond motifs is 1. The number of nitrogens with one attached hydrogen (secondary N) is 1. The number of amides is 1. The molecule has 1 aliphatic rings. The largest absolute Gasteiger partial charge is 0.486 e. The van der Waals surface area contributed by atoms with Crippen LogP contribution in [0.4, 0.5) is 16.2 Å². The average Bonchev–Trinajstić information content (AvgIpc) is 2.81. The average molecular weight is 485 g/mol. The molecule has 188 valence electrons. The third kappa shape index (κ3) is 7.11. The van der Waals surface area contributed by atoms with Crippen molar-refractivity contribution >= 4 is 29.4 Å². The molecule has 35 heavy (non-hydrogen) atoms. The molecule has 3 rings (SSSR count). The van der Waals surface area contributed by atoms with Crippen molar-refractivity contribution in [3.8, 4) is 5.75 Å². The van der Waals surface area contributed by atoms with Gasteiger partial charge in [-0.2, -0.15) is 0 Å². The second kappa shape index (κ2) is 11.1. The Labute approximate surface area is 205 Å². The Morgan fingerprint density at radius 3 is 2.31 bits per heavy atom. The summed E-state index contributed by atoms with van der Waals surface area (Å²) in [6.45, 7) is 6.35. The molecule has 1 heterocycles. The third-order valence-corrected chi connectivity index (χ3v) is 5.35. The number of ether oxygens (including phenoxy) is 4. The maximum absolute atomic E-state index is 12.3. The van der Waals surface area contributed by atoms with Crippen molar-refractivity contribution in [3.63, 3.8) is 0 Å². The Morgan fingerprint density at radius 1 is 1.06 bits per heavy atom. The van der Waals surface area contributed by atoms with E-state index in [9.17, 15) is 14.4 Å². The van der Waals surface area contributed by atoms with Gasteiger partial charge >= 0.3 is 18.0 Å². The molecule has 9 nitrogen and oxygen atoms in total. The van der Waals surface area contributed by atoms with Crippen LogP contribution < -0.4 is 15.0 Å². The van der Waals surface area contributed by atoms with E-state index < -0.39 is 35.7 Å². The summed E-state index contributed by atoms with van der Waals surface area (Å²) in [5.74, 6) is -1.86. The van der Waals surface area contributed by atoms with Crippen LogP contribution >= 0.6 is 0 Å². The molecule has 1 aliphatic heterocycles. The molecule has 2 aromatic rings. The lowest BCUT2D eigenvalue weighted by Gasteiger charge is -2.37. The molecule has 0 fully saturated rings. The minimum Gasteiger partial charge on any atom is -0.486 e. The molecule has 1 unspecified atom stereocenters. The Hall–Kier alpha value is -3.75. The zero-order chi connectivity index (χ0) is 25.6. The summed E-state index contributed by atoms with van der Waals surface area (Å²) in [5, 5.41) is 2.76. The van der Waals surface area contributed by atoms with Gasteiger partial charge in [0.05, 0.1) is 26.5 Å². The lowest BCUT2D eigenvalue weighted by molar-refractivity contribution is -0.160. The Bertz CT molecular complexity index is 1030. The summed E-state index contributed by atoms with van der Waals surface area (Å²) in [7, 11) is 2.46. The number of anilines is 2. The van der Waals surface area contributed by atoms with Crippen LogP contribution in [0.2, 0.25) is 0 Å². The van der Waals surface area contributed by atoms with Crippen LogP contribution in [0, 0.1) is 5.92 Å². The molecular formula is C26H32N2O7. The van der Waals surface area contributed by atoms with Crippen LogP contribution in [0.25, 0.3) is 0 Å². The first-order valence-electron chi connectivity index (χ1n) is 11.3. The molecule has 0 spiro atoms. The third-order valence-electron chi connectivity index (χ3n) is 5.35. The number of carbonyl (C=O) groups excluding carboxylic acids is 3. The van der Waals surface area contributed by atoms with Gasteiger partial charge in [0.1, 0.15) is 17.5 Å². The highest BCUT2D eigenvalue weighted by Gasteiger charge is 2.36. The second-order valence-corrected chi connectivity index (χ2v) is 9.25. The number of hydrogen-bond donors (Lipinski definition) is 1. The monoisotopic (exact) mass is 484 g/mol. The highest BCUT2D eigenvalue weighted by atomic mass is 16.6. The summed E-state index contributed by atoms with van der Waals surface area (Å²) in [6, 6.07) is 15.2. The molecular weight excluding hydrogens is 452 g/mol. The first-order valence-corrected chi connectivity index (χ1v) is 11.3. The van der Waals surface area contributed by atoms with Crippen LogP contribution in [0.3, 0.4) is 0 Å². The van der Waals surface area contributed by atoms with Crippen LogP contribution in [0.5, 0.6) is 5.75 Å². The van der Waals surface area contributed by atoms with E-state index in [4.69, 9.17) is 18.9 Å². The Balaban J connectivity index is 1.87. The van der Waals surface area contributed by atoms with Crippen LogP contribution in [0.1, 0.15) is 32.8 Å². The van der Waals surface area contributed by atoms with E-state index in [1.807, 2.05) is 36.4 Å². The van der Waals surface area contributed by atoms with E-state index in [1.165, 1.54) is 14.2 Å². The summed E-state index contributed by atoms with van der Waals surface area (Å²) >= 11 is 0. The summed E-state index contributed by atoms with van der Waals surface area (Å²) in [5.41, 5.74) is 1.78. The van der Waals surface area contributed by atoms with Crippen molar-refractivity contribution in [3.05, 3.63) is 54.1 Å². The number of hydrogen-bond acceptors (Lipinski definition) is 8.